The van der Waals surface area contributed by atoms with Crippen LogP contribution in [0.25, 0.3) is 0 Å². The number of primary amides is 1. The molecular weight excluding hydrogens is 222 g/mol. The van der Waals surface area contributed by atoms with Crippen LogP contribution in [-0.4, -0.2) is 31.7 Å². The number of nitrogens with two attached hydrogens (primary N) is 1. The Bertz CT molecular complexity index is 469. The number of amides is 2. The molecule has 17 heavy (non-hydrogen) atoms. The molecule has 0 aliphatic rings. The largest absolute Gasteiger partial charge is 0.398 e. The van der Waals surface area contributed by atoms with Gasteiger partial charge in [0.15, 0.2) is 5.71 Å². The van der Waals surface area contributed by atoms with E-state index in [4.69, 9.17) is 5.73 Å². The summed E-state index contributed by atoms with van der Waals surface area (Å²) in [6.07, 6.45) is 0. The topological polar surface area (TPSA) is 93.8 Å². The standard InChI is InChI=1S/C11H13N3O3/c1-13-11(16)9(14-17-2)7-5-3-4-6-8(7)10(12)15/h3-6H,1-2H3,(H2,12,15)(H,13,16)/b14-9-. The van der Waals surface area contributed by atoms with Crippen molar-refractivity contribution in [3.63, 3.8) is 0 Å². The van der Waals surface area contributed by atoms with Crippen molar-refractivity contribution in [1.29, 1.82) is 0 Å². The molecule has 1 aromatic carbocycles. The Morgan fingerprint density at radius 2 is 1.88 bits per heavy atom. The van der Waals surface area contributed by atoms with Crippen LogP contribution in [0.5, 0.6) is 0 Å². The number of hydrogen-bond acceptors (Lipinski definition) is 4. The number of rotatable bonds is 4. The van der Waals surface area contributed by atoms with Gasteiger partial charge >= 0.3 is 0 Å². The van der Waals surface area contributed by atoms with E-state index in [0.717, 1.165) is 0 Å². The van der Waals surface area contributed by atoms with Gasteiger partial charge in [0.25, 0.3) is 5.91 Å². The molecule has 0 aliphatic heterocycles. The first kappa shape index (κ1) is 12.7. The Kier molecular flexibility index (Phi) is 4.21. The van der Waals surface area contributed by atoms with Crippen molar-refractivity contribution in [1.82, 2.24) is 5.32 Å². The predicted molar refractivity (Wildman–Crippen MR) is 62.6 cm³/mol. The van der Waals surface area contributed by atoms with Gasteiger partial charge in [-0.25, -0.2) is 0 Å². The van der Waals surface area contributed by atoms with Gasteiger partial charge in [-0.3, -0.25) is 9.59 Å². The number of carbonyl (C=O) groups excluding carboxylic acids is 2. The number of nitrogens with zero attached hydrogens (tertiary/aromatic N) is 1. The molecule has 0 spiro atoms. The number of oxime groups is 1. The highest BCUT2D eigenvalue weighted by molar-refractivity contribution is 6.46. The van der Waals surface area contributed by atoms with E-state index in [0.29, 0.717) is 5.56 Å². The molecule has 0 heterocycles. The molecule has 3 N–H and O–H groups in total. The third-order valence-electron chi connectivity index (χ3n) is 2.07. The molecule has 0 aromatic heterocycles. The van der Waals surface area contributed by atoms with Gasteiger partial charge in [-0.1, -0.05) is 23.4 Å². The molecule has 2 amide bonds. The summed E-state index contributed by atoms with van der Waals surface area (Å²) in [5.74, 6) is -1.09. The molecule has 0 unspecified atom stereocenters. The Labute approximate surface area is 98.4 Å². The highest BCUT2D eigenvalue weighted by Crippen LogP contribution is 2.10. The van der Waals surface area contributed by atoms with Crippen molar-refractivity contribution < 1.29 is 14.4 Å². The number of likely N-dealkylation sites (N-methyl/N-ethyl adjacent to an activating group) is 1. The van der Waals surface area contributed by atoms with Crippen molar-refractivity contribution in [2.45, 2.75) is 0 Å². The van der Waals surface area contributed by atoms with Crippen molar-refractivity contribution in [2.75, 3.05) is 14.2 Å². The quantitative estimate of drug-likeness (QED) is 0.562. The van der Waals surface area contributed by atoms with Gasteiger partial charge in [0.2, 0.25) is 5.91 Å². The normalized spacial score (nSPS) is 10.8. The van der Waals surface area contributed by atoms with Crippen LogP contribution >= 0.6 is 0 Å². The predicted octanol–water partition coefficient (Wildman–Crippen LogP) is -0.118. The van der Waals surface area contributed by atoms with Crippen LogP contribution in [-0.2, 0) is 9.63 Å². The maximum Gasteiger partial charge on any atom is 0.273 e. The van der Waals surface area contributed by atoms with Crippen molar-refractivity contribution in [2.24, 2.45) is 10.9 Å². The molecule has 0 radical (unpaired) electrons. The number of hydrogen-bond donors (Lipinski definition) is 2. The van der Waals surface area contributed by atoms with E-state index in [2.05, 4.69) is 15.3 Å². The van der Waals surface area contributed by atoms with E-state index < -0.39 is 11.8 Å². The third kappa shape index (κ3) is 2.81. The van der Waals surface area contributed by atoms with Crippen LogP contribution in [0.1, 0.15) is 15.9 Å². The summed E-state index contributed by atoms with van der Waals surface area (Å²) in [4.78, 5) is 27.4. The first-order chi connectivity index (χ1) is 8.11. The Morgan fingerprint density at radius 1 is 1.29 bits per heavy atom. The summed E-state index contributed by atoms with van der Waals surface area (Å²) in [7, 11) is 2.77. The monoisotopic (exact) mass is 235 g/mol. The maximum absolute atomic E-state index is 11.6. The van der Waals surface area contributed by atoms with E-state index in [-0.39, 0.29) is 11.3 Å². The van der Waals surface area contributed by atoms with Crippen molar-refractivity contribution in [3.05, 3.63) is 35.4 Å². The van der Waals surface area contributed by atoms with E-state index >= 15 is 0 Å². The van der Waals surface area contributed by atoms with E-state index in [1.165, 1.54) is 20.2 Å². The van der Waals surface area contributed by atoms with Crippen LogP contribution in [0, 0.1) is 0 Å². The second kappa shape index (κ2) is 5.64. The lowest BCUT2D eigenvalue weighted by Crippen LogP contribution is -2.30. The minimum atomic E-state index is -0.631. The molecule has 0 saturated carbocycles. The fourth-order valence-corrected chi connectivity index (χ4v) is 1.33. The smallest absolute Gasteiger partial charge is 0.273 e. The zero-order valence-corrected chi connectivity index (χ0v) is 9.56. The zero-order valence-electron chi connectivity index (χ0n) is 9.56. The first-order valence-electron chi connectivity index (χ1n) is 4.84. The van der Waals surface area contributed by atoms with Gasteiger partial charge < -0.3 is 15.9 Å². The van der Waals surface area contributed by atoms with Crippen LogP contribution < -0.4 is 11.1 Å². The maximum atomic E-state index is 11.6. The van der Waals surface area contributed by atoms with Gasteiger partial charge in [-0.05, 0) is 6.07 Å². The lowest BCUT2D eigenvalue weighted by atomic mass is 10.0. The number of nitrogens with one attached hydrogen (secondary N) is 1. The molecule has 1 rings (SSSR count). The average molecular weight is 235 g/mol. The molecule has 1 aromatic rings. The molecule has 6 heteroatoms. The van der Waals surface area contributed by atoms with Crippen LogP contribution in [0.2, 0.25) is 0 Å². The van der Waals surface area contributed by atoms with Crippen molar-refractivity contribution >= 4 is 17.5 Å². The Hall–Kier alpha value is -2.37. The lowest BCUT2D eigenvalue weighted by Gasteiger charge is -2.07. The summed E-state index contributed by atoms with van der Waals surface area (Å²) >= 11 is 0. The highest BCUT2D eigenvalue weighted by atomic mass is 16.6. The van der Waals surface area contributed by atoms with Gasteiger partial charge in [0.05, 0.1) is 0 Å². The average Bonchev–Trinajstić information content (AvgIpc) is 2.35. The molecule has 0 atom stereocenters. The molecular formula is C11H13N3O3. The minimum Gasteiger partial charge on any atom is -0.398 e. The minimum absolute atomic E-state index is 0.00407. The summed E-state index contributed by atoms with van der Waals surface area (Å²) in [5.41, 5.74) is 5.78. The van der Waals surface area contributed by atoms with Crippen molar-refractivity contribution in [3.8, 4) is 0 Å². The van der Waals surface area contributed by atoms with Gasteiger partial charge in [-0.2, -0.15) is 0 Å². The van der Waals surface area contributed by atoms with Gasteiger partial charge in [0.1, 0.15) is 7.11 Å². The summed E-state index contributed by atoms with van der Waals surface area (Å²) in [6.45, 7) is 0. The van der Waals surface area contributed by atoms with Crippen LogP contribution in [0.4, 0.5) is 0 Å². The SMILES string of the molecule is CNC(=O)/C(=N\OC)c1ccccc1C(N)=O. The molecule has 90 valence electrons. The molecule has 0 fully saturated rings. The Balaban J connectivity index is 3.33. The first-order valence-corrected chi connectivity index (χ1v) is 4.84. The van der Waals surface area contributed by atoms with E-state index in [9.17, 15) is 9.59 Å². The lowest BCUT2D eigenvalue weighted by molar-refractivity contribution is -0.114. The fraction of sp³-hybridized carbons (Fsp3) is 0.182. The molecule has 0 saturated heterocycles. The third-order valence-corrected chi connectivity index (χ3v) is 2.07. The summed E-state index contributed by atoms with van der Waals surface area (Å²) in [6, 6.07) is 6.42. The fourth-order valence-electron chi connectivity index (χ4n) is 1.33. The van der Waals surface area contributed by atoms with E-state index in [1.807, 2.05) is 0 Å². The molecule has 0 aliphatic carbocycles. The van der Waals surface area contributed by atoms with Gasteiger partial charge in [-0.15, -0.1) is 0 Å². The summed E-state index contributed by atoms with van der Waals surface area (Å²) < 4.78 is 0. The Morgan fingerprint density at radius 3 is 2.35 bits per heavy atom. The summed E-state index contributed by atoms with van der Waals surface area (Å²) in [5, 5.41) is 6.02. The molecule has 6 nitrogen and oxygen atoms in total. The number of benzene rings is 1. The van der Waals surface area contributed by atoms with Crippen LogP contribution in [0.3, 0.4) is 0 Å². The molecule has 0 bridgehead atoms. The zero-order chi connectivity index (χ0) is 12.8. The van der Waals surface area contributed by atoms with E-state index in [1.54, 1.807) is 18.2 Å². The number of carbonyl (C=O) groups is 2. The highest BCUT2D eigenvalue weighted by Gasteiger charge is 2.19. The van der Waals surface area contributed by atoms with Crippen LogP contribution in [0.15, 0.2) is 29.4 Å². The van der Waals surface area contributed by atoms with Gasteiger partial charge in [0, 0.05) is 18.2 Å². The second-order valence-electron chi connectivity index (χ2n) is 3.11. The second-order valence-corrected chi connectivity index (χ2v) is 3.11.